The van der Waals surface area contributed by atoms with E-state index in [1.54, 1.807) is 0 Å². The summed E-state index contributed by atoms with van der Waals surface area (Å²) in [6, 6.07) is 1.59. The van der Waals surface area contributed by atoms with E-state index in [4.69, 9.17) is 4.74 Å². The maximum atomic E-state index is 11.9. The summed E-state index contributed by atoms with van der Waals surface area (Å²) in [6.45, 7) is 8.44. The Kier molecular flexibility index (Phi) is 4.42. The van der Waals surface area contributed by atoms with Gasteiger partial charge in [-0.1, -0.05) is 0 Å². The third kappa shape index (κ3) is 3.03. The zero-order valence-corrected chi connectivity index (χ0v) is 15.6. The fraction of sp³-hybridized carbons (Fsp3) is 0.895. The number of likely N-dealkylation sites (tertiary alicyclic amines) is 3. The van der Waals surface area contributed by atoms with Crippen LogP contribution in [0, 0.1) is 5.41 Å². The molecule has 0 aromatic rings. The number of ether oxygens (including phenoxy) is 1. The van der Waals surface area contributed by atoms with E-state index >= 15 is 0 Å². The number of nitrogens with zero attached hydrogens (tertiary/aromatic N) is 3. The predicted molar refractivity (Wildman–Crippen MR) is 94.2 cm³/mol. The second-order valence-electron chi connectivity index (χ2n) is 8.55. The van der Waals surface area contributed by atoms with E-state index in [0.717, 1.165) is 51.9 Å². The molecule has 2 amide bonds. The van der Waals surface area contributed by atoms with Gasteiger partial charge in [-0.15, -0.1) is 0 Å². The smallest absolute Gasteiger partial charge is 0.409 e. The highest BCUT2D eigenvalue weighted by molar-refractivity contribution is 5.83. The monoisotopic (exact) mass is 349 g/mol. The predicted octanol–water partition coefficient (Wildman–Crippen LogP) is 2.08. The lowest BCUT2D eigenvalue weighted by Gasteiger charge is -2.53. The average Bonchev–Trinajstić information content (AvgIpc) is 3.00. The van der Waals surface area contributed by atoms with Crippen LogP contribution in [0.3, 0.4) is 0 Å². The van der Waals surface area contributed by atoms with E-state index in [0.29, 0.717) is 36.1 Å². The second-order valence-corrected chi connectivity index (χ2v) is 8.55. The van der Waals surface area contributed by atoms with Crippen molar-refractivity contribution in [3.8, 4) is 0 Å². The molecule has 3 aliphatic heterocycles. The minimum atomic E-state index is -0.142. The Morgan fingerprint density at radius 3 is 2.52 bits per heavy atom. The van der Waals surface area contributed by atoms with Crippen LogP contribution in [0.5, 0.6) is 0 Å². The first-order chi connectivity index (χ1) is 12.0. The number of amides is 2. The molecule has 1 saturated carbocycles. The minimum Gasteiger partial charge on any atom is -0.450 e. The third-order valence-electron chi connectivity index (χ3n) is 6.94. The van der Waals surface area contributed by atoms with Crippen LogP contribution in [0.1, 0.15) is 52.4 Å². The van der Waals surface area contributed by atoms with Gasteiger partial charge in [-0.3, -0.25) is 4.79 Å². The van der Waals surface area contributed by atoms with Crippen molar-refractivity contribution >= 4 is 12.0 Å². The Balaban J connectivity index is 1.23. The largest absolute Gasteiger partial charge is 0.450 e. The highest BCUT2D eigenvalue weighted by Crippen LogP contribution is 2.50. The molecule has 1 aliphatic carbocycles. The average molecular weight is 349 g/mol. The normalized spacial score (nSPS) is 36.5. The summed E-state index contributed by atoms with van der Waals surface area (Å²) < 4.78 is 5.14. The molecule has 6 nitrogen and oxygen atoms in total. The van der Waals surface area contributed by atoms with E-state index in [-0.39, 0.29) is 6.09 Å². The van der Waals surface area contributed by atoms with Crippen molar-refractivity contribution in [2.45, 2.75) is 70.5 Å². The van der Waals surface area contributed by atoms with Crippen LogP contribution in [0.4, 0.5) is 4.79 Å². The maximum Gasteiger partial charge on any atom is 0.409 e. The van der Waals surface area contributed by atoms with Gasteiger partial charge in [-0.2, -0.15) is 0 Å². The Morgan fingerprint density at radius 1 is 1.20 bits per heavy atom. The maximum absolute atomic E-state index is 11.9. The molecular weight excluding hydrogens is 318 g/mol. The molecule has 1 atom stereocenters. The van der Waals surface area contributed by atoms with Crippen molar-refractivity contribution in [1.82, 2.24) is 14.7 Å². The molecule has 4 rings (SSSR count). The first-order valence-electron chi connectivity index (χ1n) is 9.98. The van der Waals surface area contributed by atoms with Crippen molar-refractivity contribution in [1.29, 1.82) is 0 Å². The van der Waals surface area contributed by atoms with E-state index in [9.17, 15) is 9.59 Å². The molecule has 1 spiro atoms. The summed E-state index contributed by atoms with van der Waals surface area (Å²) in [5, 5.41) is 0. The lowest BCUT2D eigenvalue weighted by molar-refractivity contribution is -0.151. The number of carbonyl (C=O) groups is 2. The molecule has 0 bridgehead atoms. The summed E-state index contributed by atoms with van der Waals surface area (Å²) in [4.78, 5) is 30.3. The van der Waals surface area contributed by atoms with Gasteiger partial charge in [0.25, 0.3) is 0 Å². The van der Waals surface area contributed by atoms with Gasteiger partial charge < -0.3 is 19.4 Å². The van der Waals surface area contributed by atoms with E-state index < -0.39 is 0 Å². The quantitative estimate of drug-likeness (QED) is 0.732. The van der Waals surface area contributed by atoms with Crippen LogP contribution in [-0.2, 0) is 9.53 Å². The zero-order chi connectivity index (χ0) is 17.6. The molecule has 0 radical (unpaired) electrons. The van der Waals surface area contributed by atoms with E-state index in [1.165, 1.54) is 12.8 Å². The number of hydrogen-bond acceptors (Lipinski definition) is 4. The summed E-state index contributed by atoms with van der Waals surface area (Å²) in [5.41, 5.74) is 0.343. The van der Waals surface area contributed by atoms with Gasteiger partial charge >= 0.3 is 6.09 Å². The number of hydrogen-bond donors (Lipinski definition) is 0. The molecule has 0 unspecified atom stereocenters. The van der Waals surface area contributed by atoms with Crippen LogP contribution in [0.25, 0.3) is 0 Å². The molecule has 6 heteroatoms. The molecular formula is C19H31N3O3. The summed E-state index contributed by atoms with van der Waals surface area (Å²) in [5.74, 6) is 0.346. The van der Waals surface area contributed by atoms with Crippen LogP contribution in [0.15, 0.2) is 0 Å². The summed E-state index contributed by atoms with van der Waals surface area (Å²) in [7, 11) is 0. The number of β-lactam (4-membered cyclic amide) rings is 1. The molecule has 3 saturated heterocycles. The minimum absolute atomic E-state index is 0.142. The number of piperidine rings is 1. The molecule has 0 aromatic heterocycles. The highest BCUT2D eigenvalue weighted by atomic mass is 16.6. The van der Waals surface area contributed by atoms with E-state index in [2.05, 4.69) is 16.7 Å². The lowest BCUT2D eigenvalue weighted by Crippen LogP contribution is -2.60. The SMILES string of the molecule is CCOC(=O)N1CCC2(CC(N3CCC(N4C(=O)C[C@@H]4C)CC3)C2)C1. The van der Waals surface area contributed by atoms with Crippen molar-refractivity contribution in [2.75, 3.05) is 32.8 Å². The first kappa shape index (κ1) is 17.1. The highest BCUT2D eigenvalue weighted by Gasteiger charge is 2.52. The zero-order valence-electron chi connectivity index (χ0n) is 15.6. The molecule has 4 aliphatic rings. The van der Waals surface area contributed by atoms with Crippen molar-refractivity contribution in [3.63, 3.8) is 0 Å². The Morgan fingerprint density at radius 2 is 1.92 bits per heavy atom. The molecule has 0 aromatic carbocycles. The number of carbonyl (C=O) groups excluding carboxylic acids is 2. The van der Waals surface area contributed by atoms with Gasteiger partial charge in [-0.25, -0.2) is 4.79 Å². The Labute approximate surface area is 150 Å². The van der Waals surface area contributed by atoms with Gasteiger partial charge in [0.05, 0.1) is 6.61 Å². The van der Waals surface area contributed by atoms with Crippen LogP contribution in [-0.4, -0.2) is 77.6 Å². The lowest BCUT2D eigenvalue weighted by atomic mass is 9.64. The van der Waals surface area contributed by atoms with Crippen molar-refractivity contribution < 1.29 is 14.3 Å². The Hall–Kier alpha value is -1.30. The second kappa shape index (κ2) is 6.45. The fourth-order valence-corrected chi connectivity index (χ4v) is 5.52. The molecule has 25 heavy (non-hydrogen) atoms. The van der Waals surface area contributed by atoms with Crippen molar-refractivity contribution in [2.24, 2.45) is 5.41 Å². The van der Waals surface area contributed by atoms with Crippen molar-refractivity contribution in [3.05, 3.63) is 0 Å². The number of rotatable bonds is 3. The molecule has 3 heterocycles. The summed E-state index contributed by atoms with van der Waals surface area (Å²) >= 11 is 0. The van der Waals surface area contributed by atoms with Crippen LogP contribution >= 0.6 is 0 Å². The first-order valence-corrected chi connectivity index (χ1v) is 9.98. The van der Waals surface area contributed by atoms with Gasteiger partial charge in [-0.05, 0) is 51.4 Å². The van der Waals surface area contributed by atoms with Crippen LogP contribution in [0.2, 0.25) is 0 Å². The van der Waals surface area contributed by atoms with Gasteiger partial charge in [0.1, 0.15) is 0 Å². The third-order valence-corrected chi connectivity index (χ3v) is 6.94. The molecule has 4 fully saturated rings. The van der Waals surface area contributed by atoms with Gasteiger partial charge in [0.2, 0.25) is 5.91 Å². The van der Waals surface area contributed by atoms with Crippen LogP contribution < -0.4 is 0 Å². The molecule has 140 valence electrons. The van der Waals surface area contributed by atoms with E-state index in [1.807, 2.05) is 11.8 Å². The van der Waals surface area contributed by atoms with Gasteiger partial charge in [0, 0.05) is 50.7 Å². The standard InChI is InChI=1S/C19H31N3O3/c1-3-25-18(24)21-9-6-19(13-21)11-16(12-19)20-7-4-15(5-8-20)22-14(2)10-17(22)23/h14-16H,3-13H2,1-2H3/t14-,16?,19?/m0/s1. The summed E-state index contributed by atoms with van der Waals surface area (Å²) in [6.07, 6.45) is 6.39. The Bertz CT molecular complexity index is 538. The topological polar surface area (TPSA) is 53.1 Å². The van der Waals surface area contributed by atoms with Gasteiger partial charge in [0.15, 0.2) is 0 Å². The fourth-order valence-electron chi connectivity index (χ4n) is 5.52. The molecule has 0 N–H and O–H groups in total.